The van der Waals surface area contributed by atoms with Gasteiger partial charge in [-0.2, -0.15) is 0 Å². The number of hydrogen-bond donors (Lipinski definition) is 1. The van der Waals surface area contributed by atoms with Crippen LogP contribution in [0.3, 0.4) is 0 Å². The molecule has 14 heavy (non-hydrogen) atoms. The van der Waals surface area contributed by atoms with Gasteiger partial charge >= 0.3 is 6.09 Å². The first-order chi connectivity index (χ1) is 6.54. The van der Waals surface area contributed by atoms with Gasteiger partial charge in [-0.15, -0.1) is 0 Å². The van der Waals surface area contributed by atoms with Crippen molar-refractivity contribution in [1.82, 2.24) is 0 Å². The van der Waals surface area contributed by atoms with E-state index in [1.54, 1.807) is 0 Å². The van der Waals surface area contributed by atoms with Crippen molar-refractivity contribution in [2.45, 2.75) is 0 Å². The third-order valence-corrected chi connectivity index (χ3v) is 1.88. The molecule has 0 atom stereocenters. The highest BCUT2D eigenvalue weighted by atomic mass is 79.9. The first-order valence-corrected chi connectivity index (χ1v) is 4.33. The number of methoxy groups -OCH3 is 1. The molecule has 0 spiro atoms. The number of anilines is 1. The molecular formula is C8H6BrF2NO2. The molecule has 0 saturated heterocycles. The van der Waals surface area contributed by atoms with E-state index >= 15 is 0 Å². The van der Waals surface area contributed by atoms with Crippen molar-refractivity contribution in [3.8, 4) is 0 Å². The van der Waals surface area contributed by atoms with E-state index in [2.05, 4.69) is 20.7 Å². The predicted molar refractivity (Wildman–Crippen MR) is 50.1 cm³/mol. The van der Waals surface area contributed by atoms with Crippen LogP contribution in [0.25, 0.3) is 0 Å². The van der Waals surface area contributed by atoms with Gasteiger partial charge in [-0.3, -0.25) is 5.32 Å². The normalized spacial score (nSPS) is 9.71. The Kier molecular flexibility index (Phi) is 3.40. The minimum atomic E-state index is -0.926. The van der Waals surface area contributed by atoms with Crippen LogP contribution >= 0.6 is 15.9 Å². The van der Waals surface area contributed by atoms with Crippen molar-refractivity contribution in [3.63, 3.8) is 0 Å². The molecule has 1 amide bonds. The van der Waals surface area contributed by atoms with Crippen LogP contribution in [0, 0.1) is 11.6 Å². The van der Waals surface area contributed by atoms with E-state index in [0.717, 1.165) is 19.2 Å². The molecule has 0 heterocycles. The van der Waals surface area contributed by atoms with Crippen LogP contribution in [-0.4, -0.2) is 13.2 Å². The van der Waals surface area contributed by atoms with Gasteiger partial charge in [0.2, 0.25) is 0 Å². The molecule has 0 aromatic heterocycles. The second-order valence-electron chi connectivity index (χ2n) is 2.36. The summed E-state index contributed by atoms with van der Waals surface area (Å²) < 4.78 is 30.6. The summed E-state index contributed by atoms with van der Waals surface area (Å²) in [6.45, 7) is 0. The zero-order valence-corrected chi connectivity index (χ0v) is 8.69. The lowest BCUT2D eigenvalue weighted by molar-refractivity contribution is 0.186. The lowest BCUT2D eigenvalue weighted by Crippen LogP contribution is -2.13. The van der Waals surface area contributed by atoms with Gasteiger partial charge in [0.25, 0.3) is 0 Å². The second kappa shape index (κ2) is 4.36. The number of hydrogen-bond acceptors (Lipinski definition) is 2. The van der Waals surface area contributed by atoms with Gasteiger partial charge < -0.3 is 4.74 Å². The lowest BCUT2D eigenvalue weighted by Gasteiger charge is -2.06. The Morgan fingerprint density at radius 3 is 2.36 bits per heavy atom. The van der Waals surface area contributed by atoms with Gasteiger partial charge in [0.15, 0.2) is 11.6 Å². The van der Waals surface area contributed by atoms with E-state index < -0.39 is 23.4 Å². The van der Waals surface area contributed by atoms with Crippen molar-refractivity contribution >= 4 is 27.7 Å². The SMILES string of the molecule is COC(=O)Nc1c(F)cc(Br)cc1F. The van der Waals surface area contributed by atoms with Crippen LogP contribution in [-0.2, 0) is 4.74 Å². The molecule has 0 radical (unpaired) electrons. The molecule has 6 heteroatoms. The maximum absolute atomic E-state index is 13.1. The summed E-state index contributed by atoms with van der Waals surface area (Å²) in [5, 5.41) is 1.92. The average Bonchev–Trinajstić information content (AvgIpc) is 2.10. The average molecular weight is 266 g/mol. The Morgan fingerprint density at radius 2 is 1.93 bits per heavy atom. The topological polar surface area (TPSA) is 38.3 Å². The molecule has 1 aromatic carbocycles. The number of ether oxygens (including phenoxy) is 1. The fraction of sp³-hybridized carbons (Fsp3) is 0.125. The van der Waals surface area contributed by atoms with Crippen LogP contribution < -0.4 is 5.32 Å². The monoisotopic (exact) mass is 265 g/mol. The fourth-order valence-electron chi connectivity index (χ4n) is 0.815. The number of amides is 1. The van der Waals surface area contributed by atoms with Crippen molar-refractivity contribution in [3.05, 3.63) is 28.2 Å². The molecule has 76 valence electrons. The minimum Gasteiger partial charge on any atom is -0.453 e. The van der Waals surface area contributed by atoms with E-state index in [9.17, 15) is 13.6 Å². The minimum absolute atomic E-state index is 0.253. The van der Waals surface area contributed by atoms with Crippen LogP contribution in [0.4, 0.5) is 19.3 Å². The molecule has 0 bridgehead atoms. The van der Waals surface area contributed by atoms with Crippen molar-refractivity contribution in [2.24, 2.45) is 0 Å². The van der Waals surface area contributed by atoms with E-state index in [1.807, 2.05) is 5.32 Å². The van der Waals surface area contributed by atoms with E-state index in [1.165, 1.54) is 0 Å². The van der Waals surface area contributed by atoms with Crippen LogP contribution in [0.1, 0.15) is 0 Å². The summed E-state index contributed by atoms with van der Waals surface area (Å²) >= 11 is 2.91. The summed E-state index contributed by atoms with van der Waals surface area (Å²) in [5.41, 5.74) is -0.528. The highest BCUT2D eigenvalue weighted by Crippen LogP contribution is 2.23. The number of rotatable bonds is 1. The first kappa shape index (κ1) is 10.9. The zero-order chi connectivity index (χ0) is 10.7. The van der Waals surface area contributed by atoms with Crippen LogP contribution in [0.15, 0.2) is 16.6 Å². The third kappa shape index (κ3) is 2.41. The Bertz CT molecular complexity index is 347. The zero-order valence-electron chi connectivity index (χ0n) is 7.11. The molecule has 0 saturated carbocycles. The van der Waals surface area contributed by atoms with Crippen molar-refractivity contribution in [2.75, 3.05) is 12.4 Å². The Labute approximate surface area is 87.2 Å². The fourth-order valence-corrected chi connectivity index (χ4v) is 1.22. The van der Waals surface area contributed by atoms with E-state index in [4.69, 9.17) is 0 Å². The summed E-state index contributed by atoms with van der Waals surface area (Å²) in [5.74, 6) is -1.75. The molecule has 0 aliphatic heterocycles. The number of benzene rings is 1. The molecule has 3 nitrogen and oxygen atoms in total. The molecule has 1 N–H and O–H groups in total. The van der Waals surface area contributed by atoms with Crippen LogP contribution in [0.2, 0.25) is 0 Å². The smallest absolute Gasteiger partial charge is 0.411 e. The molecule has 1 aromatic rings. The van der Waals surface area contributed by atoms with E-state index in [-0.39, 0.29) is 4.47 Å². The molecule has 1 rings (SSSR count). The highest BCUT2D eigenvalue weighted by Gasteiger charge is 2.13. The number of carbonyl (C=O) groups excluding carboxylic acids is 1. The molecular weight excluding hydrogens is 260 g/mol. The Balaban J connectivity index is 3.02. The predicted octanol–water partition coefficient (Wildman–Crippen LogP) is 2.91. The standard InChI is InChI=1S/C8H6BrF2NO2/c1-14-8(13)12-7-5(10)2-4(9)3-6(7)11/h2-3H,1H3,(H,12,13). The molecule has 0 unspecified atom stereocenters. The largest absolute Gasteiger partial charge is 0.453 e. The van der Waals surface area contributed by atoms with Gasteiger partial charge in [0, 0.05) is 4.47 Å². The van der Waals surface area contributed by atoms with Gasteiger partial charge in [-0.25, -0.2) is 13.6 Å². The summed E-state index contributed by atoms with van der Waals surface area (Å²) in [7, 11) is 1.10. The van der Waals surface area contributed by atoms with Gasteiger partial charge in [-0.1, -0.05) is 15.9 Å². The Hall–Kier alpha value is -1.17. The summed E-state index contributed by atoms with van der Waals surface area (Å²) in [6.07, 6.45) is -0.926. The Morgan fingerprint density at radius 1 is 1.43 bits per heavy atom. The third-order valence-electron chi connectivity index (χ3n) is 1.42. The van der Waals surface area contributed by atoms with Gasteiger partial charge in [0.05, 0.1) is 7.11 Å². The maximum Gasteiger partial charge on any atom is 0.411 e. The van der Waals surface area contributed by atoms with Crippen molar-refractivity contribution in [1.29, 1.82) is 0 Å². The molecule has 0 aliphatic rings. The van der Waals surface area contributed by atoms with Crippen LogP contribution in [0.5, 0.6) is 0 Å². The van der Waals surface area contributed by atoms with Gasteiger partial charge in [-0.05, 0) is 12.1 Å². The number of halogens is 3. The highest BCUT2D eigenvalue weighted by molar-refractivity contribution is 9.10. The number of nitrogens with one attached hydrogen (secondary N) is 1. The summed E-state index contributed by atoms with van der Waals surface area (Å²) in [6, 6.07) is 2.07. The summed E-state index contributed by atoms with van der Waals surface area (Å²) in [4.78, 5) is 10.7. The quantitative estimate of drug-likeness (QED) is 0.848. The van der Waals surface area contributed by atoms with E-state index in [0.29, 0.717) is 0 Å². The van der Waals surface area contributed by atoms with Crippen molar-refractivity contribution < 1.29 is 18.3 Å². The first-order valence-electron chi connectivity index (χ1n) is 3.54. The maximum atomic E-state index is 13.1. The molecule has 0 aliphatic carbocycles. The second-order valence-corrected chi connectivity index (χ2v) is 3.28. The lowest BCUT2D eigenvalue weighted by atomic mass is 10.3. The van der Waals surface area contributed by atoms with Gasteiger partial charge in [0.1, 0.15) is 5.69 Å². The molecule has 0 fully saturated rings. The number of carbonyl (C=O) groups is 1.